The minimum atomic E-state index is -0.660. The highest BCUT2D eigenvalue weighted by molar-refractivity contribution is 5.99. The maximum Gasteiger partial charge on any atom is 0.272 e. The lowest BCUT2D eigenvalue weighted by Gasteiger charge is -2.35. The lowest BCUT2D eigenvalue weighted by atomic mass is 9.87. The van der Waals surface area contributed by atoms with Crippen LogP contribution in [0.5, 0.6) is 0 Å². The van der Waals surface area contributed by atoms with E-state index in [0.717, 1.165) is 5.56 Å². The molecular weight excluding hydrogens is 450 g/mol. The monoisotopic (exact) mass is 478 g/mol. The Morgan fingerprint density at radius 2 is 1.20 bits per heavy atom. The van der Waals surface area contributed by atoms with Crippen LogP contribution in [0.2, 0.25) is 0 Å². The zero-order valence-corrected chi connectivity index (χ0v) is 20.4. The second-order valence-corrected chi connectivity index (χ2v) is 8.59. The number of hydrogen-bond donors (Lipinski definition) is 1. The molecule has 0 aliphatic rings. The van der Waals surface area contributed by atoms with Gasteiger partial charge in [0.05, 0.1) is 5.54 Å². The van der Waals surface area contributed by atoms with Gasteiger partial charge in [0, 0.05) is 11.1 Å². The van der Waals surface area contributed by atoms with Gasteiger partial charge in [0.25, 0.3) is 11.8 Å². The third kappa shape index (κ3) is 7.78. The summed E-state index contributed by atoms with van der Waals surface area (Å²) >= 11 is 0. The SMILES string of the molecule is CC(C)(C)c1ccc(C(=O)NN(C(=O)c2ccc(F)cc2)C(C)(C)C)cc1.Cl.Cl.Cl. The van der Waals surface area contributed by atoms with Gasteiger partial charge in [0.15, 0.2) is 0 Å². The first kappa shape index (κ1) is 30.4. The van der Waals surface area contributed by atoms with Crippen LogP contribution >= 0.6 is 37.2 Å². The Morgan fingerprint density at radius 1 is 0.767 bits per heavy atom. The van der Waals surface area contributed by atoms with Gasteiger partial charge in [-0.25, -0.2) is 9.40 Å². The minimum Gasteiger partial charge on any atom is -0.267 e. The van der Waals surface area contributed by atoms with Crippen LogP contribution in [-0.2, 0) is 5.41 Å². The normalized spacial score (nSPS) is 10.6. The zero-order valence-electron chi connectivity index (χ0n) is 18.0. The summed E-state index contributed by atoms with van der Waals surface area (Å²) < 4.78 is 13.1. The number of carbonyl (C=O) groups is 2. The van der Waals surface area contributed by atoms with Gasteiger partial charge in [-0.1, -0.05) is 32.9 Å². The summed E-state index contributed by atoms with van der Waals surface area (Å²) in [5, 5.41) is 1.28. The first-order valence-electron chi connectivity index (χ1n) is 8.91. The molecule has 1 N–H and O–H groups in total. The van der Waals surface area contributed by atoms with Crippen molar-refractivity contribution >= 4 is 49.0 Å². The van der Waals surface area contributed by atoms with Gasteiger partial charge in [0.1, 0.15) is 5.82 Å². The third-order valence-electron chi connectivity index (χ3n) is 4.19. The van der Waals surface area contributed by atoms with E-state index in [-0.39, 0.29) is 48.5 Å². The molecule has 2 aromatic rings. The number of benzene rings is 2. The lowest BCUT2D eigenvalue weighted by Crippen LogP contribution is -2.55. The summed E-state index contributed by atoms with van der Waals surface area (Å²) in [6.45, 7) is 11.8. The van der Waals surface area contributed by atoms with Gasteiger partial charge < -0.3 is 0 Å². The second kappa shape index (κ2) is 11.5. The molecule has 4 nitrogen and oxygen atoms in total. The predicted molar refractivity (Wildman–Crippen MR) is 127 cm³/mol. The molecule has 0 unspecified atom stereocenters. The van der Waals surface area contributed by atoms with Crippen molar-refractivity contribution in [2.24, 2.45) is 0 Å². The first-order valence-corrected chi connectivity index (χ1v) is 8.91. The van der Waals surface area contributed by atoms with Crippen LogP contribution in [-0.4, -0.2) is 22.4 Å². The molecule has 0 aromatic heterocycles. The highest BCUT2D eigenvalue weighted by Gasteiger charge is 2.29. The average Bonchev–Trinajstić information content (AvgIpc) is 2.58. The van der Waals surface area contributed by atoms with Gasteiger partial charge in [-0.2, -0.15) is 0 Å². The maximum atomic E-state index is 13.1. The highest BCUT2D eigenvalue weighted by Crippen LogP contribution is 2.22. The molecule has 2 rings (SSSR count). The average molecular weight is 480 g/mol. The van der Waals surface area contributed by atoms with Crippen LogP contribution in [0, 0.1) is 5.82 Å². The Hall–Kier alpha value is -1.82. The molecule has 2 aromatic carbocycles. The fraction of sp³-hybridized carbons (Fsp3) is 0.364. The molecule has 0 aliphatic heterocycles. The summed E-state index contributed by atoms with van der Waals surface area (Å²) in [5.74, 6) is -1.19. The number of halogens is 4. The topological polar surface area (TPSA) is 49.4 Å². The van der Waals surface area contributed by atoms with Gasteiger partial charge in [-0.05, 0) is 68.1 Å². The largest absolute Gasteiger partial charge is 0.272 e. The highest BCUT2D eigenvalue weighted by atomic mass is 35.5. The van der Waals surface area contributed by atoms with Crippen molar-refractivity contribution in [1.29, 1.82) is 0 Å². The van der Waals surface area contributed by atoms with E-state index in [1.165, 1.54) is 29.3 Å². The smallest absolute Gasteiger partial charge is 0.267 e. The Bertz CT molecular complexity index is 827. The summed E-state index contributed by atoms with van der Waals surface area (Å²) in [5.41, 5.74) is 3.91. The van der Waals surface area contributed by atoms with Gasteiger partial charge >= 0.3 is 0 Å². The van der Waals surface area contributed by atoms with Crippen molar-refractivity contribution in [1.82, 2.24) is 10.4 Å². The summed E-state index contributed by atoms with van der Waals surface area (Å²) in [4.78, 5) is 25.5. The number of nitrogens with one attached hydrogen (secondary N) is 1. The third-order valence-corrected chi connectivity index (χ3v) is 4.19. The molecule has 0 radical (unpaired) electrons. The van der Waals surface area contributed by atoms with E-state index in [9.17, 15) is 14.0 Å². The Balaban J connectivity index is 0. The van der Waals surface area contributed by atoms with Crippen molar-refractivity contribution in [2.45, 2.75) is 52.5 Å². The number of hydrogen-bond acceptors (Lipinski definition) is 2. The van der Waals surface area contributed by atoms with Crippen molar-refractivity contribution in [3.63, 3.8) is 0 Å². The second-order valence-electron chi connectivity index (χ2n) is 8.59. The first-order chi connectivity index (χ1) is 12.4. The Kier molecular flexibility index (Phi) is 11.7. The zero-order chi connectivity index (χ0) is 20.4. The van der Waals surface area contributed by atoms with Crippen LogP contribution in [0.1, 0.15) is 67.8 Å². The number of hydrazine groups is 1. The van der Waals surface area contributed by atoms with Crippen LogP contribution in [0.15, 0.2) is 48.5 Å². The van der Waals surface area contributed by atoms with Gasteiger partial charge in [-0.15, -0.1) is 37.2 Å². The number of carbonyl (C=O) groups excluding carboxylic acids is 2. The standard InChI is InChI=1S/C22H27FN2O2.3ClH/c1-21(2,3)17-11-7-15(8-12-17)19(26)24-25(22(4,5)6)20(27)16-9-13-18(23)14-10-16;;;/h7-14H,1-6H3,(H,24,26);3*1H. The molecule has 0 heterocycles. The van der Waals surface area contributed by atoms with E-state index in [1.807, 2.05) is 32.9 Å². The van der Waals surface area contributed by atoms with Crippen molar-refractivity contribution in [3.05, 3.63) is 71.0 Å². The van der Waals surface area contributed by atoms with Crippen LogP contribution < -0.4 is 5.43 Å². The Morgan fingerprint density at radius 3 is 1.60 bits per heavy atom. The maximum absolute atomic E-state index is 13.1. The molecule has 0 fully saturated rings. The molecular formula is C22H30Cl3FN2O2. The van der Waals surface area contributed by atoms with Crippen LogP contribution in [0.4, 0.5) is 4.39 Å². The summed E-state index contributed by atoms with van der Waals surface area (Å²) in [6.07, 6.45) is 0. The molecule has 2 amide bonds. The van der Waals surface area contributed by atoms with E-state index in [2.05, 4.69) is 26.2 Å². The summed E-state index contributed by atoms with van der Waals surface area (Å²) in [7, 11) is 0. The van der Waals surface area contributed by atoms with Gasteiger partial charge in [0.2, 0.25) is 0 Å². The van der Waals surface area contributed by atoms with Gasteiger partial charge in [-0.3, -0.25) is 15.0 Å². The van der Waals surface area contributed by atoms with Crippen molar-refractivity contribution < 1.29 is 14.0 Å². The molecule has 0 saturated heterocycles. The Labute approximate surface area is 196 Å². The molecule has 0 aliphatic carbocycles. The molecule has 0 atom stereocenters. The molecule has 0 bridgehead atoms. The predicted octanol–water partition coefficient (Wildman–Crippen LogP) is 5.97. The van der Waals surface area contributed by atoms with E-state index in [0.29, 0.717) is 11.1 Å². The molecule has 0 spiro atoms. The lowest BCUT2D eigenvalue weighted by molar-refractivity contribution is 0.0358. The minimum absolute atomic E-state index is 0. The summed E-state index contributed by atoms with van der Waals surface area (Å²) in [6, 6.07) is 12.6. The van der Waals surface area contributed by atoms with E-state index >= 15 is 0 Å². The molecule has 8 heteroatoms. The van der Waals surface area contributed by atoms with Crippen LogP contribution in [0.25, 0.3) is 0 Å². The number of nitrogens with zero attached hydrogens (tertiary/aromatic N) is 1. The van der Waals surface area contributed by atoms with E-state index in [1.54, 1.807) is 12.1 Å². The molecule has 168 valence electrons. The molecule has 30 heavy (non-hydrogen) atoms. The van der Waals surface area contributed by atoms with E-state index in [4.69, 9.17) is 0 Å². The van der Waals surface area contributed by atoms with Crippen molar-refractivity contribution in [2.75, 3.05) is 0 Å². The number of amides is 2. The van der Waals surface area contributed by atoms with Crippen LogP contribution in [0.3, 0.4) is 0 Å². The van der Waals surface area contributed by atoms with Crippen molar-refractivity contribution in [3.8, 4) is 0 Å². The van der Waals surface area contributed by atoms with E-state index < -0.39 is 17.3 Å². The quantitative estimate of drug-likeness (QED) is 0.539. The fourth-order valence-corrected chi connectivity index (χ4v) is 2.53. The number of rotatable bonds is 2. The fourth-order valence-electron chi connectivity index (χ4n) is 2.53. The molecule has 0 saturated carbocycles.